The molecule has 166 valence electrons. The number of sulfonamides is 1. The van der Waals surface area contributed by atoms with Crippen molar-refractivity contribution in [3.63, 3.8) is 0 Å². The molecule has 1 aliphatic heterocycles. The van der Waals surface area contributed by atoms with Gasteiger partial charge in [0.05, 0.1) is 35.6 Å². The number of hydrogen-bond donors (Lipinski definition) is 1. The molecule has 3 heterocycles. The van der Waals surface area contributed by atoms with Crippen LogP contribution in [0.15, 0.2) is 53.4 Å². The number of anilines is 2. The highest BCUT2D eigenvalue weighted by Crippen LogP contribution is 2.25. The van der Waals surface area contributed by atoms with Crippen molar-refractivity contribution in [2.24, 2.45) is 7.05 Å². The van der Waals surface area contributed by atoms with E-state index >= 15 is 0 Å². The molecule has 0 saturated carbocycles. The zero-order chi connectivity index (χ0) is 22.1. The van der Waals surface area contributed by atoms with E-state index in [9.17, 15) is 8.42 Å². The predicted molar refractivity (Wildman–Crippen MR) is 123 cm³/mol. The Bertz CT molecular complexity index is 1340. The average Bonchev–Trinajstić information content (AvgIpc) is 3.39. The molecule has 0 radical (unpaired) electrons. The molecular formula is C21H22N6O3S2. The first kappa shape index (κ1) is 21.0. The summed E-state index contributed by atoms with van der Waals surface area (Å²) < 4.78 is 34.3. The second-order valence-electron chi connectivity index (χ2n) is 7.42. The second kappa shape index (κ2) is 8.58. The van der Waals surface area contributed by atoms with Gasteiger partial charge < -0.3 is 14.6 Å². The molecule has 1 saturated heterocycles. The van der Waals surface area contributed by atoms with Crippen LogP contribution < -0.4 is 5.32 Å². The fourth-order valence-corrected chi connectivity index (χ4v) is 5.80. The number of nitrogens with one attached hydrogen (secondary N) is 1. The smallest absolute Gasteiger partial charge is 0.243 e. The van der Waals surface area contributed by atoms with Gasteiger partial charge in [0.2, 0.25) is 15.2 Å². The third-order valence-corrected chi connectivity index (χ3v) is 8.12. The van der Waals surface area contributed by atoms with Gasteiger partial charge in [-0.25, -0.2) is 13.4 Å². The Hall–Kier alpha value is -2.86. The lowest BCUT2D eigenvalue weighted by Crippen LogP contribution is -2.40. The molecule has 32 heavy (non-hydrogen) atoms. The first-order valence-electron chi connectivity index (χ1n) is 10.2. The SMILES string of the molecule is Cn1c(Cc2nnc(Nc3ccc(S(=O)(=O)N4CCOCC4)cc3)s2)nc2ccccc21. The molecule has 5 rings (SSSR count). The Labute approximate surface area is 189 Å². The minimum Gasteiger partial charge on any atom is -0.379 e. The van der Waals surface area contributed by atoms with E-state index in [1.165, 1.54) is 15.6 Å². The highest BCUT2D eigenvalue weighted by Gasteiger charge is 2.26. The van der Waals surface area contributed by atoms with Crippen molar-refractivity contribution in [1.29, 1.82) is 0 Å². The number of imidazole rings is 1. The Morgan fingerprint density at radius 1 is 1.06 bits per heavy atom. The monoisotopic (exact) mass is 470 g/mol. The average molecular weight is 471 g/mol. The maximum Gasteiger partial charge on any atom is 0.243 e. The third-order valence-electron chi connectivity index (χ3n) is 5.37. The maximum atomic E-state index is 12.7. The van der Waals surface area contributed by atoms with Gasteiger partial charge in [0.25, 0.3) is 0 Å². The molecule has 0 amide bonds. The number of hydrogen-bond acceptors (Lipinski definition) is 8. The fourth-order valence-electron chi connectivity index (χ4n) is 3.63. The van der Waals surface area contributed by atoms with E-state index in [0.717, 1.165) is 27.6 Å². The number of aryl methyl sites for hydroxylation is 1. The summed E-state index contributed by atoms with van der Waals surface area (Å²) >= 11 is 1.45. The van der Waals surface area contributed by atoms with E-state index < -0.39 is 10.0 Å². The van der Waals surface area contributed by atoms with Gasteiger partial charge in [-0.3, -0.25) is 0 Å². The lowest BCUT2D eigenvalue weighted by Gasteiger charge is -2.26. The van der Waals surface area contributed by atoms with Crippen LogP contribution in [-0.2, 0) is 28.2 Å². The summed E-state index contributed by atoms with van der Waals surface area (Å²) in [5.74, 6) is 0.923. The van der Waals surface area contributed by atoms with Crippen LogP contribution >= 0.6 is 11.3 Å². The maximum absolute atomic E-state index is 12.7. The standard InChI is InChI=1S/C21H22N6O3S2/c1-26-18-5-3-2-4-17(18)23-19(26)14-20-24-25-21(31-20)22-15-6-8-16(9-7-15)32(28,29)27-10-12-30-13-11-27/h2-9H,10-14H2,1H3,(H,22,25). The Balaban J connectivity index is 1.27. The van der Waals surface area contributed by atoms with Gasteiger partial charge in [0.15, 0.2) is 0 Å². The van der Waals surface area contributed by atoms with Gasteiger partial charge in [-0.1, -0.05) is 23.5 Å². The van der Waals surface area contributed by atoms with Crippen molar-refractivity contribution in [2.75, 3.05) is 31.6 Å². The highest BCUT2D eigenvalue weighted by molar-refractivity contribution is 7.89. The lowest BCUT2D eigenvalue weighted by atomic mass is 10.3. The highest BCUT2D eigenvalue weighted by atomic mass is 32.2. The summed E-state index contributed by atoms with van der Waals surface area (Å²) in [5.41, 5.74) is 2.79. The topological polar surface area (TPSA) is 102 Å². The number of benzene rings is 2. The molecule has 2 aromatic heterocycles. The number of fused-ring (bicyclic) bond motifs is 1. The van der Waals surface area contributed by atoms with Crippen LogP contribution in [-0.4, -0.2) is 58.8 Å². The molecule has 0 bridgehead atoms. The van der Waals surface area contributed by atoms with Gasteiger partial charge in [-0.2, -0.15) is 4.31 Å². The van der Waals surface area contributed by atoms with Crippen molar-refractivity contribution in [3.05, 3.63) is 59.4 Å². The Morgan fingerprint density at radius 2 is 1.81 bits per heavy atom. The van der Waals surface area contributed by atoms with Gasteiger partial charge in [0.1, 0.15) is 10.8 Å². The number of aromatic nitrogens is 4. The van der Waals surface area contributed by atoms with Crippen LogP contribution in [0.2, 0.25) is 0 Å². The van der Waals surface area contributed by atoms with Crippen molar-refractivity contribution < 1.29 is 13.2 Å². The molecule has 1 N–H and O–H groups in total. The van der Waals surface area contributed by atoms with Crippen LogP contribution in [0.4, 0.5) is 10.8 Å². The molecule has 4 aromatic rings. The summed E-state index contributed by atoms with van der Waals surface area (Å²) in [5, 5.41) is 13.2. The number of morpholine rings is 1. The molecule has 1 aliphatic rings. The van der Waals surface area contributed by atoms with Crippen molar-refractivity contribution in [1.82, 2.24) is 24.1 Å². The molecule has 0 atom stereocenters. The molecule has 0 spiro atoms. The first-order valence-corrected chi connectivity index (χ1v) is 12.4. The van der Waals surface area contributed by atoms with E-state index in [1.807, 2.05) is 31.3 Å². The molecular weight excluding hydrogens is 448 g/mol. The number of rotatable bonds is 6. The molecule has 1 fully saturated rings. The van der Waals surface area contributed by atoms with E-state index in [-0.39, 0.29) is 4.90 Å². The molecule has 2 aromatic carbocycles. The van der Waals surface area contributed by atoms with E-state index in [1.54, 1.807) is 24.3 Å². The fraction of sp³-hybridized carbons (Fsp3) is 0.286. The molecule has 0 unspecified atom stereocenters. The predicted octanol–water partition coefficient (Wildman–Crippen LogP) is 2.78. The number of nitrogens with zero attached hydrogens (tertiary/aromatic N) is 5. The Kier molecular flexibility index (Phi) is 5.64. The van der Waals surface area contributed by atoms with E-state index in [0.29, 0.717) is 37.9 Å². The summed E-state index contributed by atoms with van der Waals surface area (Å²) in [6, 6.07) is 14.7. The van der Waals surface area contributed by atoms with Crippen LogP contribution in [0.1, 0.15) is 10.8 Å². The Morgan fingerprint density at radius 3 is 2.56 bits per heavy atom. The van der Waals surface area contributed by atoms with Crippen molar-refractivity contribution >= 4 is 43.2 Å². The molecule has 0 aliphatic carbocycles. The zero-order valence-electron chi connectivity index (χ0n) is 17.4. The summed E-state index contributed by atoms with van der Waals surface area (Å²) in [4.78, 5) is 4.95. The van der Waals surface area contributed by atoms with Gasteiger partial charge in [0, 0.05) is 25.8 Å². The quantitative estimate of drug-likeness (QED) is 0.462. The summed E-state index contributed by atoms with van der Waals surface area (Å²) in [6.45, 7) is 1.60. The van der Waals surface area contributed by atoms with Crippen LogP contribution in [0.3, 0.4) is 0 Å². The van der Waals surface area contributed by atoms with Crippen LogP contribution in [0, 0.1) is 0 Å². The largest absolute Gasteiger partial charge is 0.379 e. The minimum absolute atomic E-state index is 0.268. The van der Waals surface area contributed by atoms with E-state index in [4.69, 9.17) is 4.74 Å². The minimum atomic E-state index is -3.51. The van der Waals surface area contributed by atoms with Gasteiger partial charge in [-0.05, 0) is 36.4 Å². The van der Waals surface area contributed by atoms with Crippen molar-refractivity contribution in [2.45, 2.75) is 11.3 Å². The van der Waals surface area contributed by atoms with Gasteiger partial charge in [-0.15, -0.1) is 10.2 Å². The molecule has 11 heteroatoms. The molecule has 9 nitrogen and oxygen atoms in total. The summed E-state index contributed by atoms with van der Waals surface area (Å²) in [6.07, 6.45) is 0.585. The first-order chi connectivity index (χ1) is 15.5. The number of para-hydroxylation sites is 2. The summed E-state index contributed by atoms with van der Waals surface area (Å²) in [7, 11) is -1.51. The van der Waals surface area contributed by atoms with Crippen molar-refractivity contribution in [3.8, 4) is 0 Å². The lowest BCUT2D eigenvalue weighted by molar-refractivity contribution is 0.0730. The third kappa shape index (κ3) is 4.11. The van der Waals surface area contributed by atoms with Crippen LogP contribution in [0.25, 0.3) is 11.0 Å². The second-order valence-corrected chi connectivity index (χ2v) is 10.4. The van der Waals surface area contributed by atoms with Gasteiger partial charge >= 0.3 is 0 Å². The van der Waals surface area contributed by atoms with E-state index in [2.05, 4.69) is 25.1 Å². The number of ether oxygens (including phenoxy) is 1. The normalized spacial score (nSPS) is 15.3. The van der Waals surface area contributed by atoms with Crippen LogP contribution in [0.5, 0.6) is 0 Å². The zero-order valence-corrected chi connectivity index (χ0v) is 19.1.